The third-order valence-corrected chi connectivity index (χ3v) is 4.18. The molecule has 0 fully saturated rings. The monoisotopic (exact) mass is 391 g/mol. The maximum Gasteiger partial charge on any atom is 0.338 e. The van der Waals surface area contributed by atoms with Crippen molar-refractivity contribution in [2.45, 2.75) is 13.5 Å². The highest BCUT2D eigenvalue weighted by molar-refractivity contribution is 5.72. The molecule has 8 heteroatoms. The van der Waals surface area contributed by atoms with Crippen LogP contribution in [0.3, 0.4) is 0 Å². The molecule has 29 heavy (non-hydrogen) atoms. The Balaban J connectivity index is 1.79. The quantitative estimate of drug-likeness (QED) is 0.430. The summed E-state index contributed by atoms with van der Waals surface area (Å²) in [5, 5.41) is 23.9. The number of nitriles is 1. The van der Waals surface area contributed by atoms with Gasteiger partial charge < -0.3 is 14.0 Å². The molecule has 3 aromatic rings. The van der Waals surface area contributed by atoms with Gasteiger partial charge in [-0.3, -0.25) is 10.1 Å². The Kier molecular flexibility index (Phi) is 5.90. The van der Waals surface area contributed by atoms with Crippen LogP contribution in [0.2, 0.25) is 0 Å². The Hall–Kier alpha value is -4.12. The first-order valence-corrected chi connectivity index (χ1v) is 8.61. The molecule has 1 heterocycles. The fourth-order valence-electron chi connectivity index (χ4n) is 2.70. The zero-order valence-electron chi connectivity index (χ0n) is 15.8. The molecule has 0 spiro atoms. The molecule has 0 aliphatic heterocycles. The minimum atomic E-state index is -0.526. The summed E-state index contributed by atoms with van der Waals surface area (Å²) >= 11 is 0. The Bertz CT molecular complexity index is 1110. The number of hydrogen-bond acceptors (Lipinski definition) is 7. The molecular weight excluding hydrogens is 374 g/mol. The molecule has 0 amide bonds. The predicted molar refractivity (Wildman–Crippen MR) is 105 cm³/mol. The summed E-state index contributed by atoms with van der Waals surface area (Å²) in [6.45, 7) is 1.73. The van der Waals surface area contributed by atoms with E-state index in [1.165, 1.54) is 20.1 Å². The van der Waals surface area contributed by atoms with Gasteiger partial charge in [0.15, 0.2) is 17.2 Å². The zero-order valence-corrected chi connectivity index (χ0v) is 15.8. The van der Waals surface area contributed by atoms with Crippen molar-refractivity contribution in [3.63, 3.8) is 0 Å². The van der Waals surface area contributed by atoms with E-state index in [4.69, 9.17) is 19.3 Å². The molecule has 2 aromatic carbocycles. The van der Waals surface area contributed by atoms with E-state index in [9.17, 15) is 10.1 Å². The fourth-order valence-corrected chi connectivity index (χ4v) is 2.70. The van der Waals surface area contributed by atoms with Gasteiger partial charge in [0.05, 0.1) is 23.7 Å². The van der Waals surface area contributed by atoms with E-state index in [1.54, 1.807) is 36.4 Å². The average Bonchev–Trinajstić information content (AvgIpc) is 3.11. The van der Waals surface area contributed by atoms with Crippen molar-refractivity contribution in [2.75, 3.05) is 7.11 Å². The van der Waals surface area contributed by atoms with Crippen LogP contribution in [0.15, 0.2) is 47.0 Å². The van der Waals surface area contributed by atoms with Gasteiger partial charge in [-0.2, -0.15) is 5.26 Å². The van der Waals surface area contributed by atoms with E-state index >= 15 is 0 Å². The Morgan fingerprint density at radius 2 is 2.03 bits per heavy atom. The summed E-state index contributed by atoms with van der Waals surface area (Å²) in [7, 11) is 1.52. The highest BCUT2D eigenvalue weighted by atomic mass is 16.6. The molecule has 0 aliphatic rings. The SMILES string of the molecule is COc1cc(/C=C/c2onc(C)c2[N+](=O)[O-])ccc1OCc1ccccc1C#N. The van der Waals surface area contributed by atoms with Gasteiger partial charge in [0, 0.05) is 5.56 Å². The van der Waals surface area contributed by atoms with E-state index in [0.717, 1.165) is 11.1 Å². The van der Waals surface area contributed by atoms with Crippen LogP contribution in [-0.4, -0.2) is 17.2 Å². The third-order valence-electron chi connectivity index (χ3n) is 4.18. The molecular formula is C21H17N3O5. The largest absolute Gasteiger partial charge is 0.493 e. The Morgan fingerprint density at radius 3 is 2.76 bits per heavy atom. The normalized spacial score (nSPS) is 10.7. The Morgan fingerprint density at radius 1 is 1.24 bits per heavy atom. The maximum absolute atomic E-state index is 11.1. The molecule has 0 atom stereocenters. The smallest absolute Gasteiger partial charge is 0.338 e. The lowest BCUT2D eigenvalue weighted by Gasteiger charge is -2.12. The van der Waals surface area contributed by atoms with Crippen molar-refractivity contribution in [3.8, 4) is 17.6 Å². The minimum Gasteiger partial charge on any atom is -0.493 e. The summed E-state index contributed by atoms with van der Waals surface area (Å²) < 4.78 is 16.2. The first-order chi connectivity index (χ1) is 14.0. The molecule has 0 N–H and O–H groups in total. The summed E-state index contributed by atoms with van der Waals surface area (Å²) in [6, 6.07) is 14.6. The number of nitrogens with zero attached hydrogens (tertiary/aromatic N) is 3. The molecule has 0 bridgehead atoms. The molecule has 1 aromatic heterocycles. The topological polar surface area (TPSA) is 111 Å². The molecule has 0 saturated heterocycles. The lowest BCUT2D eigenvalue weighted by atomic mass is 10.1. The van der Waals surface area contributed by atoms with Crippen LogP contribution in [-0.2, 0) is 6.61 Å². The molecule has 0 radical (unpaired) electrons. The van der Waals surface area contributed by atoms with Crippen molar-refractivity contribution < 1.29 is 18.9 Å². The number of aryl methyl sites for hydroxylation is 1. The van der Waals surface area contributed by atoms with Crippen LogP contribution in [0.25, 0.3) is 12.2 Å². The van der Waals surface area contributed by atoms with Gasteiger partial charge in [-0.15, -0.1) is 0 Å². The maximum atomic E-state index is 11.1. The van der Waals surface area contributed by atoms with Gasteiger partial charge >= 0.3 is 5.69 Å². The number of methoxy groups -OCH3 is 1. The van der Waals surface area contributed by atoms with Crippen molar-refractivity contribution in [3.05, 3.63) is 80.7 Å². The zero-order chi connectivity index (χ0) is 20.8. The standard InChI is InChI=1S/C21H17N3O5/c1-14-21(24(25)26)19(29-23-14)10-8-15-7-9-18(20(11-15)27-2)28-13-17-6-4-3-5-16(17)12-22/h3-11H,13H2,1-2H3/b10-8+. The van der Waals surface area contributed by atoms with Crippen LogP contribution in [0.1, 0.15) is 28.1 Å². The molecule has 3 rings (SSSR count). The number of benzene rings is 2. The summed E-state index contributed by atoms with van der Waals surface area (Å²) in [5.41, 5.74) is 2.11. The van der Waals surface area contributed by atoms with E-state index in [-0.39, 0.29) is 23.7 Å². The van der Waals surface area contributed by atoms with Crippen LogP contribution < -0.4 is 9.47 Å². The van der Waals surface area contributed by atoms with Crippen LogP contribution in [0, 0.1) is 28.4 Å². The van der Waals surface area contributed by atoms with Crippen molar-refractivity contribution in [1.29, 1.82) is 5.26 Å². The highest BCUT2D eigenvalue weighted by Crippen LogP contribution is 2.30. The van der Waals surface area contributed by atoms with E-state index in [1.807, 2.05) is 12.1 Å². The second kappa shape index (κ2) is 8.71. The molecule has 8 nitrogen and oxygen atoms in total. The van der Waals surface area contributed by atoms with Crippen LogP contribution >= 0.6 is 0 Å². The van der Waals surface area contributed by atoms with Gasteiger partial charge in [0.25, 0.3) is 0 Å². The van der Waals surface area contributed by atoms with E-state index in [2.05, 4.69) is 11.2 Å². The Labute approximate surface area is 166 Å². The van der Waals surface area contributed by atoms with Crippen molar-refractivity contribution in [1.82, 2.24) is 5.16 Å². The lowest BCUT2D eigenvalue weighted by molar-refractivity contribution is -0.386. The fraction of sp³-hybridized carbons (Fsp3) is 0.143. The summed E-state index contributed by atoms with van der Waals surface area (Å²) in [6.07, 6.45) is 3.14. The van der Waals surface area contributed by atoms with Gasteiger partial charge in [-0.1, -0.05) is 35.5 Å². The van der Waals surface area contributed by atoms with Crippen LogP contribution in [0.5, 0.6) is 11.5 Å². The number of hydrogen-bond donors (Lipinski definition) is 0. The van der Waals surface area contributed by atoms with Gasteiger partial charge in [0.1, 0.15) is 6.61 Å². The molecule has 0 unspecified atom stereocenters. The van der Waals surface area contributed by atoms with E-state index in [0.29, 0.717) is 17.1 Å². The first kappa shape index (κ1) is 19.6. The first-order valence-electron chi connectivity index (χ1n) is 8.61. The van der Waals surface area contributed by atoms with Gasteiger partial charge in [-0.05, 0) is 36.8 Å². The number of nitro groups is 1. The lowest BCUT2D eigenvalue weighted by Crippen LogP contribution is -2.00. The average molecular weight is 391 g/mol. The molecule has 0 saturated carbocycles. The predicted octanol–water partition coefficient (Wildman–Crippen LogP) is 4.52. The van der Waals surface area contributed by atoms with Crippen molar-refractivity contribution in [2.24, 2.45) is 0 Å². The van der Waals surface area contributed by atoms with Crippen LogP contribution in [0.4, 0.5) is 5.69 Å². The molecule has 146 valence electrons. The van der Waals surface area contributed by atoms with Crippen molar-refractivity contribution >= 4 is 17.8 Å². The van der Waals surface area contributed by atoms with E-state index < -0.39 is 4.92 Å². The highest BCUT2D eigenvalue weighted by Gasteiger charge is 2.21. The number of rotatable bonds is 7. The van der Waals surface area contributed by atoms with Gasteiger partial charge in [-0.25, -0.2) is 0 Å². The second-order valence-electron chi connectivity index (χ2n) is 6.04. The number of ether oxygens (including phenoxy) is 2. The number of aromatic nitrogens is 1. The summed E-state index contributed by atoms with van der Waals surface area (Å²) in [4.78, 5) is 10.6. The minimum absolute atomic E-state index is 0.0694. The van der Waals surface area contributed by atoms with Gasteiger partial charge in [0.2, 0.25) is 5.76 Å². The second-order valence-corrected chi connectivity index (χ2v) is 6.04. The third kappa shape index (κ3) is 4.42. The molecule has 0 aliphatic carbocycles. The summed E-state index contributed by atoms with van der Waals surface area (Å²) in [5.74, 6) is 1.07.